The van der Waals surface area contributed by atoms with Gasteiger partial charge in [0.1, 0.15) is 5.56 Å². The Balaban J connectivity index is 2.18. The number of aromatic nitrogens is 2. The van der Waals surface area contributed by atoms with Gasteiger partial charge in [-0.05, 0) is 51.2 Å². The van der Waals surface area contributed by atoms with Gasteiger partial charge < -0.3 is 19.5 Å². The van der Waals surface area contributed by atoms with E-state index in [2.05, 4.69) is 9.98 Å². The predicted octanol–water partition coefficient (Wildman–Crippen LogP) is 0.873. The number of aryl methyl sites for hydroxylation is 1. The molecular weight excluding hydrogens is 376 g/mol. The van der Waals surface area contributed by atoms with Crippen LogP contribution < -0.4 is 20.7 Å². The van der Waals surface area contributed by atoms with Crippen LogP contribution in [0.15, 0.2) is 32.8 Å². The molecule has 0 aliphatic rings. The van der Waals surface area contributed by atoms with E-state index < -0.39 is 17.1 Å². The highest BCUT2D eigenvalue weighted by Gasteiger charge is 2.13. The number of rotatable bonds is 10. The first-order chi connectivity index (χ1) is 13.9. The van der Waals surface area contributed by atoms with Crippen LogP contribution in [0.1, 0.15) is 17.5 Å². The van der Waals surface area contributed by atoms with E-state index in [4.69, 9.17) is 9.47 Å². The quantitative estimate of drug-likeness (QED) is 0.449. The lowest BCUT2D eigenvalue weighted by Crippen LogP contribution is -2.32. The van der Waals surface area contributed by atoms with Gasteiger partial charge in [-0.3, -0.25) is 19.3 Å². The van der Waals surface area contributed by atoms with Crippen LogP contribution in [0.2, 0.25) is 0 Å². The molecule has 0 unspecified atom stereocenters. The van der Waals surface area contributed by atoms with E-state index in [0.29, 0.717) is 24.5 Å². The van der Waals surface area contributed by atoms with Crippen molar-refractivity contribution in [2.75, 3.05) is 41.4 Å². The molecule has 0 spiro atoms. The van der Waals surface area contributed by atoms with Crippen molar-refractivity contribution >= 4 is 6.21 Å². The molecule has 0 saturated carbocycles. The molecule has 0 aliphatic carbocycles. The Morgan fingerprint density at radius 1 is 1.21 bits per heavy atom. The maximum absolute atomic E-state index is 12.2. The van der Waals surface area contributed by atoms with Gasteiger partial charge in [-0.1, -0.05) is 6.07 Å². The predicted molar refractivity (Wildman–Crippen MR) is 112 cm³/mol. The second-order valence-corrected chi connectivity index (χ2v) is 6.78. The summed E-state index contributed by atoms with van der Waals surface area (Å²) in [7, 11) is 7.03. The second kappa shape index (κ2) is 10.5. The van der Waals surface area contributed by atoms with Gasteiger partial charge in [0.05, 0.1) is 14.2 Å². The van der Waals surface area contributed by atoms with E-state index in [1.807, 2.05) is 25.1 Å². The van der Waals surface area contributed by atoms with Crippen molar-refractivity contribution in [1.29, 1.82) is 0 Å². The molecule has 0 fully saturated rings. The highest BCUT2D eigenvalue weighted by molar-refractivity contribution is 5.81. The van der Waals surface area contributed by atoms with Gasteiger partial charge in [0, 0.05) is 19.3 Å². The average molecular weight is 404 g/mol. The fourth-order valence-electron chi connectivity index (χ4n) is 2.81. The number of hydrogen-bond donors (Lipinski definition) is 2. The number of aromatic amines is 1. The van der Waals surface area contributed by atoms with E-state index in [1.54, 1.807) is 26.4 Å². The van der Waals surface area contributed by atoms with Gasteiger partial charge in [0.2, 0.25) is 5.88 Å². The fraction of sp³-hybridized carbons (Fsp3) is 0.450. The minimum atomic E-state index is -0.669. The Morgan fingerprint density at radius 2 is 1.93 bits per heavy atom. The molecule has 1 aromatic carbocycles. The lowest BCUT2D eigenvalue weighted by molar-refractivity contribution is 0.354. The van der Waals surface area contributed by atoms with Crippen molar-refractivity contribution in [2.45, 2.75) is 19.4 Å². The molecule has 0 saturated heterocycles. The third-order valence-corrected chi connectivity index (χ3v) is 4.39. The van der Waals surface area contributed by atoms with Crippen molar-refractivity contribution in [3.63, 3.8) is 0 Å². The normalized spacial score (nSPS) is 11.3. The molecule has 0 aliphatic heterocycles. The third-order valence-electron chi connectivity index (χ3n) is 4.39. The van der Waals surface area contributed by atoms with E-state index in [-0.39, 0.29) is 12.1 Å². The summed E-state index contributed by atoms with van der Waals surface area (Å²) in [6.45, 7) is 1.56. The zero-order valence-corrected chi connectivity index (χ0v) is 17.3. The molecule has 158 valence electrons. The number of ether oxygens (including phenoxy) is 2. The first-order valence-electron chi connectivity index (χ1n) is 9.29. The largest absolute Gasteiger partial charge is 0.494 e. The van der Waals surface area contributed by atoms with E-state index >= 15 is 0 Å². The first-order valence-corrected chi connectivity index (χ1v) is 9.29. The molecule has 9 nitrogen and oxygen atoms in total. The molecule has 2 N–H and O–H groups in total. The highest BCUT2D eigenvalue weighted by atomic mass is 16.5. The lowest BCUT2D eigenvalue weighted by Gasteiger charge is -2.12. The summed E-state index contributed by atoms with van der Waals surface area (Å²) in [5.41, 5.74) is -0.468. The second-order valence-electron chi connectivity index (χ2n) is 6.78. The number of nitrogens with one attached hydrogen (secondary N) is 1. The maximum atomic E-state index is 12.2. The molecule has 2 aromatic rings. The SMILES string of the molecule is COc1ccc(CCn2c(O)c(C=NCCCN(C)C)c(=O)[nH]c2=O)cc1OC. The summed E-state index contributed by atoms with van der Waals surface area (Å²) in [6.07, 6.45) is 2.58. The van der Waals surface area contributed by atoms with Crippen LogP contribution in [0.25, 0.3) is 0 Å². The van der Waals surface area contributed by atoms with E-state index in [1.165, 1.54) is 6.21 Å². The van der Waals surface area contributed by atoms with Gasteiger partial charge in [-0.25, -0.2) is 4.79 Å². The van der Waals surface area contributed by atoms with E-state index in [0.717, 1.165) is 23.1 Å². The van der Waals surface area contributed by atoms with E-state index in [9.17, 15) is 14.7 Å². The summed E-state index contributed by atoms with van der Waals surface area (Å²) < 4.78 is 11.6. The third kappa shape index (κ3) is 5.95. The van der Waals surface area contributed by atoms with Crippen LogP contribution in [0.4, 0.5) is 0 Å². The molecule has 0 radical (unpaired) electrons. The average Bonchev–Trinajstić information content (AvgIpc) is 2.69. The zero-order valence-electron chi connectivity index (χ0n) is 17.3. The summed E-state index contributed by atoms with van der Waals surface area (Å²) in [5, 5.41) is 10.5. The van der Waals surface area contributed by atoms with Crippen LogP contribution in [-0.4, -0.2) is 67.2 Å². The van der Waals surface area contributed by atoms with Crippen molar-refractivity contribution in [3.8, 4) is 17.4 Å². The smallest absolute Gasteiger partial charge is 0.331 e. The van der Waals surface area contributed by atoms with Crippen LogP contribution in [0, 0.1) is 0 Å². The van der Waals surface area contributed by atoms with Crippen LogP contribution in [-0.2, 0) is 13.0 Å². The Hall–Kier alpha value is -3.07. The van der Waals surface area contributed by atoms with Crippen LogP contribution >= 0.6 is 0 Å². The molecule has 29 heavy (non-hydrogen) atoms. The summed E-state index contributed by atoms with van der Waals surface area (Å²) >= 11 is 0. The first kappa shape index (κ1) is 22.2. The fourth-order valence-corrected chi connectivity index (χ4v) is 2.81. The molecule has 0 bridgehead atoms. The molecule has 1 aromatic heterocycles. The summed E-state index contributed by atoms with van der Waals surface area (Å²) in [4.78, 5) is 32.7. The van der Waals surface area contributed by atoms with Gasteiger partial charge >= 0.3 is 5.69 Å². The Bertz CT molecular complexity index is 962. The minimum absolute atomic E-state index is 0.0261. The highest BCUT2D eigenvalue weighted by Crippen LogP contribution is 2.27. The maximum Gasteiger partial charge on any atom is 0.331 e. The van der Waals surface area contributed by atoms with Crippen LogP contribution in [0.3, 0.4) is 0 Å². The number of hydrogen-bond acceptors (Lipinski definition) is 7. The number of aromatic hydroxyl groups is 1. The molecular formula is C20H28N4O5. The number of nitrogens with zero attached hydrogens (tertiary/aromatic N) is 3. The molecule has 1 heterocycles. The van der Waals surface area contributed by atoms with Gasteiger partial charge in [0.15, 0.2) is 11.5 Å². The number of methoxy groups -OCH3 is 2. The number of H-pyrrole nitrogens is 1. The number of benzene rings is 1. The molecule has 0 amide bonds. The van der Waals surface area contributed by atoms with Crippen molar-refractivity contribution in [2.24, 2.45) is 4.99 Å². The molecule has 2 rings (SSSR count). The zero-order chi connectivity index (χ0) is 21.4. The van der Waals surface area contributed by atoms with Gasteiger partial charge in [-0.15, -0.1) is 0 Å². The standard InChI is InChI=1S/C20H28N4O5/c1-23(2)10-5-9-21-13-15-18(25)22-20(27)24(19(15)26)11-8-14-6-7-16(28-3)17(12-14)29-4/h6-7,12-13,26H,5,8-11H2,1-4H3,(H,22,25,27). The Morgan fingerprint density at radius 3 is 2.59 bits per heavy atom. The van der Waals surface area contributed by atoms with Gasteiger partial charge in [0.25, 0.3) is 5.56 Å². The van der Waals surface area contributed by atoms with Crippen molar-refractivity contribution in [1.82, 2.24) is 14.5 Å². The molecule has 9 heteroatoms. The monoisotopic (exact) mass is 404 g/mol. The topological polar surface area (TPSA) is 109 Å². The van der Waals surface area contributed by atoms with Crippen molar-refractivity contribution in [3.05, 3.63) is 50.2 Å². The Labute approximate surface area is 169 Å². The summed E-state index contributed by atoms with van der Waals surface area (Å²) in [5.74, 6) is 0.789. The minimum Gasteiger partial charge on any atom is -0.494 e. The van der Waals surface area contributed by atoms with Gasteiger partial charge in [-0.2, -0.15) is 0 Å². The molecule has 0 atom stereocenters. The number of aliphatic imine (C=N–C) groups is 1. The Kier molecular flexibility index (Phi) is 8.02. The lowest BCUT2D eigenvalue weighted by atomic mass is 10.1. The summed E-state index contributed by atoms with van der Waals surface area (Å²) in [6, 6.07) is 5.43. The van der Waals surface area contributed by atoms with Crippen LogP contribution in [0.5, 0.6) is 17.4 Å². The van der Waals surface area contributed by atoms with Crippen molar-refractivity contribution < 1.29 is 14.6 Å².